The Morgan fingerprint density at radius 2 is 1.51 bits per heavy atom. The van der Waals surface area contributed by atoms with Gasteiger partial charge >= 0.3 is 0 Å². The lowest BCUT2D eigenvalue weighted by molar-refractivity contribution is 0.104. The second-order valence-corrected chi connectivity index (χ2v) is 7.40. The number of hydrogen-bond donors (Lipinski definition) is 3. The average molecular weight is 470 g/mol. The van der Waals surface area contributed by atoms with E-state index in [9.17, 15) is 14.7 Å². The van der Waals surface area contributed by atoms with Crippen LogP contribution in [0.15, 0.2) is 67.3 Å². The summed E-state index contributed by atoms with van der Waals surface area (Å²) in [4.78, 5) is 36.9. The van der Waals surface area contributed by atoms with Crippen LogP contribution in [0.5, 0.6) is 17.2 Å². The van der Waals surface area contributed by atoms with E-state index in [1.807, 2.05) is 24.3 Å². The SMILES string of the molecule is COc1cc(O)c(C(=O)C=Cc2ccc3[nH]cnc3c2)c(OC)c1.O=Cc1ccc2[nH]cnc2c1. The van der Waals surface area contributed by atoms with Gasteiger partial charge < -0.3 is 24.5 Å². The molecule has 0 spiro atoms. The number of ketones is 1. The minimum Gasteiger partial charge on any atom is -0.507 e. The van der Waals surface area contributed by atoms with Gasteiger partial charge in [-0.3, -0.25) is 9.59 Å². The highest BCUT2D eigenvalue weighted by Crippen LogP contribution is 2.33. The number of allylic oxidation sites excluding steroid dienone is 1. The normalized spacial score (nSPS) is 10.8. The minimum absolute atomic E-state index is 0.0930. The third-order valence-corrected chi connectivity index (χ3v) is 5.21. The molecule has 0 amide bonds. The van der Waals surface area contributed by atoms with E-state index >= 15 is 0 Å². The highest BCUT2D eigenvalue weighted by atomic mass is 16.5. The first-order valence-electron chi connectivity index (χ1n) is 10.5. The lowest BCUT2D eigenvalue weighted by Gasteiger charge is -2.10. The molecule has 35 heavy (non-hydrogen) atoms. The van der Waals surface area contributed by atoms with Gasteiger partial charge in [0.15, 0.2) is 5.78 Å². The third kappa shape index (κ3) is 5.19. The highest BCUT2D eigenvalue weighted by molar-refractivity contribution is 6.10. The Kier molecular flexibility index (Phi) is 6.87. The Morgan fingerprint density at radius 1 is 0.886 bits per heavy atom. The number of hydrogen-bond acceptors (Lipinski definition) is 7. The van der Waals surface area contributed by atoms with Crippen LogP contribution in [0, 0.1) is 0 Å². The van der Waals surface area contributed by atoms with Crippen LogP contribution in [0.25, 0.3) is 28.1 Å². The number of carbonyl (C=O) groups excluding carboxylic acids is 2. The van der Waals surface area contributed by atoms with Gasteiger partial charge in [0.2, 0.25) is 0 Å². The van der Waals surface area contributed by atoms with E-state index in [4.69, 9.17) is 9.47 Å². The van der Waals surface area contributed by atoms with Crippen molar-refractivity contribution < 1.29 is 24.2 Å². The third-order valence-electron chi connectivity index (χ3n) is 5.21. The number of phenolic OH excluding ortho intramolecular Hbond substituents is 1. The summed E-state index contributed by atoms with van der Waals surface area (Å²) in [5, 5.41) is 10.1. The molecule has 0 saturated carbocycles. The van der Waals surface area contributed by atoms with Gasteiger partial charge in [-0.1, -0.05) is 12.1 Å². The Morgan fingerprint density at radius 3 is 2.11 bits per heavy atom. The Balaban J connectivity index is 0.000000218. The quantitative estimate of drug-likeness (QED) is 0.188. The molecule has 0 aliphatic carbocycles. The lowest BCUT2D eigenvalue weighted by Crippen LogP contribution is -2.00. The van der Waals surface area contributed by atoms with Crippen molar-refractivity contribution >= 4 is 40.2 Å². The number of imidazole rings is 2. The lowest BCUT2D eigenvalue weighted by atomic mass is 10.1. The predicted molar refractivity (Wildman–Crippen MR) is 132 cm³/mol. The van der Waals surface area contributed by atoms with Crippen molar-refractivity contribution in [1.29, 1.82) is 0 Å². The Bertz CT molecular complexity index is 1530. The predicted octanol–water partition coefficient (Wildman–Crippen LogP) is 4.56. The fourth-order valence-corrected chi connectivity index (χ4v) is 3.43. The first-order chi connectivity index (χ1) is 17.0. The van der Waals surface area contributed by atoms with Crippen molar-refractivity contribution in [2.24, 2.45) is 0 Å². The van der Waals surface area contributed by atoms with Crippen LogP contribution in [-0.2, 0) is 0 Å². The molecule has 0 fully saturated rings. The van der Waals surface area contributed by atoms with Crippen molar-refractivity contribution in [2.75, 3.05) is 14.2 Å². The molecule has 176 valence electrons. The van der Waals surface area contributed by atoms with Gasteiger partial charge in [-0.25, -0.2) is 9.97 Å². The van der Waals surface area contributed by atoms with E-state index in [0.717, 1.165) is 33.9 Å². The molecular weight excluding hydrogens is 448 g/mol. The Labute approximate surface area is 200 Å². The van der Waals surface area contributed by atoms with E-state index in [2.05, 4.69) is 19.9 Å². The van der Waals surface area contributed by atoms with Gasteiger partial charge in [0.1, 0.15) is 29.1 Å². The van der Waals surface area contributed by atoms with Gasteiger partial charge in [-0.05, 0) is 42.0 Å². The van der Waals surface area contributed by atoms with Crippen LogP contribution in [-0.4, -0.2) is 51.3 Å². The summed E-state index contributed by atoms with van der Waals surface area (Å²) in [6, 6.07) is 13.9. The van der Waals surface area contributed by atoms with Crippen LogP contribution in [0.2, 0.25) is 0 Å². The molecule has 0 radical (unpaired) electrons. The topological polar surface area (TPSA) is 130 Å². The van der Waals surface area contributed by atoms with Crippen LogP contribution in [0.4, 0.5) is 0 Å². The first kappa shape index (κ1) is 23.2. The maximum atomic E-state index is 12.4. The zero-order chi connectivity index (χ0) is 24.8. The van der Waals surface area contributed by atoms with Gasteiger partial charge in [-0.15, -0.1) is 0 Å². The van der Waals surface area contributed by atoms with Crippen molar-refractivity contribution in [3.05, 3.63) is 84.0 Å². The number of aromatic nitrogens is 4. The van der Waals surface area contributed by atoms with Crippen LogP contribution >= 0.6 is 0 Å². The maximum absolute atomic E-state index is 12.4. The zero-order valence-electron chi connectivity index (χ0n) is 19.0. The summed E-state index contributed by atoms with van der Waals surface area (Å²) < 4.78 is 10.2. The van der Waals surface area contributed by atoms with E-state index < -0.39 is 0 Å². The molecule has 0 aliphatic heterocycles. The summed E-state index contributed by atoms with van der Waals surface area (Å²) in [5.41, 5.74) is 5.10. The first-order valence-corrected chi connectivity index (χ1v) is 10.5. The monoisotopic (exact) mass is 470 g/mol. The second kappa shape index (κ2) is 10.3. The highest BCUT2D eigenvalue weighted by Gasteiger charge is 2.17. The summed E-state index contributed by atoms with van der Waals surface area (Å²) in [7, 11) is 2.90. The number of rotatable bonds is 6. The standard InChI is InChI=1S/C18H16N2O4.C8H6N2O/c1-23-12-8-16(22)18(17(9-12)24-2)15(21)6-4-11-3-5-13-14(7-11)20-10-19-13;11-4-6-1-2-7-8(3-6)10-5-9-7/h3-10,22H,1-2H3,(H,19,20);1-5H,(H,9,10). The fraction of sp³-hybridized carbons (Fsp3) is 0.0769. The molecule has 2 heterocycles. The smallest absolute Gasteiger partial charge is 0.193 e. The number of fused-ring (bicyclic) bond motifs is 2. The molecule has 5 rings (SSSR count). The maximum Gasteiger partial charge on any atom is 0.193 e. The number of H-pyrrole nitrogens is 2. The molecular formula is C26H22N4O5. The average Bonchev–Trinajstić information content (AvgIpc) is 3.55. The van der Waals surface area contributed by atoms with E-state index in [-0.39, 0.29) is 22.8 Å². The van der Waals surface area contributed by atoms with Gasteiger partial charge in [-0.2, -0.15) is 0 Å². The second-order valence-electron chi connectivity index (χ2n) is 7.40. The number of nitrogens with zero attached hydrogens (tertiary/aromatic N) is 2. The van der Waals surface area contributed by atoms with Crippen molar-refractivity contribution in [3.63, 3.8) is 0 Å². The number of aldehydes is 1. The van der Waals surface area contributed by atoms with E-state index in [1.54, 1.807) is 36.9 Å². The number of aromatic amines is 2. The van der Waals surface area contributed by atoms with E-state index in [1.165, 1.54) is 26.4 Å². The van der Waals surface area contributed by atoms with Crippen LogP contribution < -0.4 is 9.47 Å². The van der Waals surface area contributed by atoms with Gasteiger partial charge in [0.05, 0.1) is 48.9 Å². The van der Waals surface area contributed by atoms with Crippen LogP contribution in [0.1, 0.15) is 26.3 Å². The minimum atomic E-state index is -0.367. The summed E-state index contributed by atoms with van der Waals surface area (Å²) in [6.45, 7) is 0. The Hall–Kier alpha value is -4.92. The number of nitrogens with one attached hydrogen (secondary N) is 2. The number of aromatic hydroxyl groups is 1. The summed E-state index contributed by atoms with van der Waals surface area (Å²) in [5.74, 6) is 0.107. The fourth-order valence-electron chi connectivity index (χ4n) is 3.43. The molecule has 9 nitrogen and oxygen atoms in total. The molecule has 5 aromatic rings. The molecule has 0 aliphatic rings. The molecule has 9 heteroatoms. The number of phenols is 1. The van der Waals surface area contributed by atoms with Crippen molar-refractivity contribution in [2.45, 2.75) is 0 Å². The molecule has 2 aromatic heterocycles. The molecule has 3 aromatic carbocycles. The molecule has 0 saturated heterocycles. The molecule has 0 bridgehead atoms. The van der Waals surface area contributed by atoms with Gasteiger partial charge in [0.25, 0.3) is 0 Å². The van der Waals surface area contributed by atoms with Crippen LogP contribution in [0.3, 0.4) is 0 Å². The number of benzene rings is 3. The van der Waals surface area contributed by atoms with Crippen molar-refractivity contribution in [1.82, 2.24) is 19.9 Å². The number of ether oxygens (including phenoxy) is 2. The summed E-state index contributed by atoms with van der Waals surface area (Å²) >= 11 is 0. The molecule has 3 N–H and O–H groups in total. The number of carbonyl (C=O) groups is 2. The summed E-state index contributed by atoms with van der Waals surface area (Å²) in [6.07, 6.45) is 7.09. The molecule has 0 atom stereocenters. The largest absolute Gasteiger partial charge is 0.507 e. The number of methoxy groups -OCH3 is 2. The van der Waals surface area contributed by atoms with E-state index in [0.29, 0.717) is 11.3 Å². The van der Waals surface area contributed by atoms with Crippen molar-refractivity contribution in [3.8, 4) is 17.2 Å². The van der Waals surface area contributed by atoms with Gasteiger partial charge in [0, 0.05) is 17.7 Å². The zero-order valence-corrected chi connectivity index (χ0v) is 19.0. The molecule has 0 unspecified atom stereocenters.